The standard InChI is InChI=1S/C18H26N2O4S/c1-5-12-6-7-14-13(8-12)9-15(25-14)17(22)24-11(4)16(21)20-18(23)19-10(2)3/h9-12H,5-8H2,1-4H3,(H2,19,20,21,23)/t11-,12-/m0/s1. The minimum Gasteiger partial charge on any atom is -0.448 e. The number of amides is 3. The van der Waals surface area contributed by atoms with Gasteiger partial charge in [0.15, 0.2) is 6.10 Å². The van der Waals surface area contributed by atoms with Gasteiger partial charge in [-0.15, -0.1) is 11.3 Å². The lowest BCUT2D eigenvalue weighted by Crippen LogP contribution is -2.46. The molecule has 0 aliphatic heterocycles. The number of ether oxygens (including phenoxy) is 1. The minimum atomic E-state index is -1.03. The summed E-state index contributed by atoms with van der Waals surface area (Å²) in [7, 11) is 0. The molecule has 1 aromatic heterocycles. The molecule has 1 aliphatic carbocycles. The van der Waals surface area contributed by atoms with E-state index in [1.54, 1.807) is 13.8 Å². The lowest BCUT2D eigenvalue weighted by molar-refractivity contribution is -0.127. The van der Waals surface area contributed by atoms with E-state index in [1.807, 2.05) is 6.07 Å². The Bertz CT molecular complexity index is 654. The summed E-state index contributed by atoms with van der Waals surface area (Å²) in [6.45, 7) is 7.22. The fourth-order valence-corrected chi connectivity index (χ4v) is 3.92. The van der Waals surface area contributed by atoms with Crippen molar-refractivity contribution in [1.29, 1.82) is 0 Å². The van der Waals surface area contributed by atoms with E-state index in [9.17, 15) is 14.4 Å². The van der Waals surface area contributed by atoms with Gasteiger partial charge in [0.05, 0.1) is 0 Å². The number of rotatable bonds is 5. The van der Waals surface area contributed by atoms with Crippen molar-refractivity contribution in [3.05, 3.63) is 21.4 Å². The van der Waals surface area contributed by atoms with Gasteiger partial charge in [0.25, 0.3) is 5.91 Å². The summed E-state index contributed by atoms with van der Waals surface area (Å²) in [5.41, 5.74) is 1.23. The SMILES string of the molecule is CC[C@H]1CCc2sc(C(=O)O[C@@H](C)C(=O)NC(=O)NC(C)C)cc2C1. The summed E-state index contributed by atoms with van der Waals surface area (Å²) in [5, 5.41) is 4.71. The van der Waals surface area contributed by atoms with Gasteiger partial charge in [0.1, 0.15) is 4.88 Å². The lowest BCUT2D eigenvalue weighted by atomic mass is 9.87. The lowest BCUT2D eigenvalue weighted by Gasteiger charge is -2.19. The zero-order valence-electron chi connectivity index (χ0n) is 15.2. The first kappa shape index (κ1) is 19.4. The Balaban J connectivity index is 1.92. The third-order valence-electron chi connectivity index (χ3n) is 4.27. The smallest absolute Gasteiger partial charge is 0.349 e. The molecule has 6 nitrogen and oxygen atoms in total. The van der Waals surface area contributed by atoms with Gasteiger partial charge in [0.2, 0.25) is 0 Å². The van der Waals surface area contributed by atoms with Crippen LogP contribution in [0.15, 0.2) is 6.07 Å². The van der Waals surface area contributed by atoms with Gasteiger partial charge in [0, 0.05) is 10.9 Å². The monoisotopic (exact) mass is 366 g/mol. The van der Waals surface area contributed by atoms with Gasteiger partial charge in [-0.2, -0.15) is 0 Å². The van der Waals surface area contributed by atoms with Crippen molar-refractivity contribution in [3.8, 4) is 0 Å². The maximum absolute atomic E-state index is 12.3. The first-order valence-electron chi connectivity index (χ1n) is 8.74. The van der Waals surface area contributed by atoms with Gasteiger partial charge in [-0.25, -0.2) is 9.59 Å². The van der Waals surface area contributed by atoms with Crippen LogP contribution in [-0.4, -0.2) is 30.1 Å². The third kappa shape index (κ3) is 5.29. The number of hydrogen-bond acceptors (Lipinski definition) is 5. The van der Waals surface area contributed by atoms with Crippen LogP contribution in [0.4, 0.5) is 4.79 Å². The molecule has 0 spiro atoms. The molecular formula is C18H26N2O4S. The number of hydrogen-bond donors (Lipinski definition) is 2. The number of imide groups is 1. The van der Waals surface area contributed by atoms with Gasteiger partial charge in [-0.05, 0) is 57.6 Å². The first-order chi connectivity index (χ1) is 11.8. The van der Waals surface area contributed by atoms with E-state index in [0.29, 0.717) is 10.8 Å². The van der Waals surface area contributed by atoms with Crippen molar-refractivity contribution in [3.63, 3.8) is 0 Å². The summed E-state index contributed by atoms with van der Waals surface area (Å²) in [6, 6.07) is 1.20. The van der Waals surface area contributed by atoms with Crippen molar-refractivity contribution < 1.29 is 19.1 Å². The maximum atomic E-state index is 12.3. The quantitative estimate of drug-likeness (QED) is 0.785. The Morgan fingerprint density at radius 1 is 1.32 bits per heavy atom. The molecule has 0 saturated carbocycles. The van der Waals surface area contributed by atoms with E-state index in [4.69, 9.17) is 4.74 Å². The van der Waals surface area contributed by atoms with E-state index < -0.39 is 24.0 Å². The highest BCUT2D eigenvalue weighted by Crippen LogP contribution is 2.33. The van der Waals surface area contributed by atoms with Crippen molar-refractivity contribution in [2.45, 2.75) is 65.5 Å². The molecule has 0 saturated heterocycles. The van der Waals surface area contributed by atoms with E-state index in [-0.39, 0.29) is 6.04 Å². The molecule has 2 N–H and O–H groups in total. The Hall–Kier alpha value is -1.89. The number of fused-ring (bicyclic) bond motifs is 1. The second kappa shape index (κ2) is 8.47. The maximum Gasteiger partial charge on any atom is 0.349 e. The van der Waals surface area contributed by atoms with Gasteiger partial charge >= 0.3 is 12.0 Å². The van der Waals surface area contributed by atoms with Crippen LogP contribution in [-0.2, 0) is 22.4 Å². The Morgan fingerprint density at radius 3 is 2.68 bits per heavy atom. The summed E-state index contributed by atoms with van der Waals surface area (Å²) >= 11 is 1.45. The summed E-state index contributed by atoms with van der Waals surface area (Å²) in [5.74, 6) is -0.478. The number of esters is 1. The number of urea groups is 1. The minimum absolute atomic E-state index is 0.0879. The predicted molar refractivity (Wildman–Crippen MR) is 96.8 cm³/mol. The van der Waals surface area contributed by atoms with Crippen molar-refractivity contribution in [1.82, 2.24) is 10.6 Å². The highest BCUT2D eigenvalue weighted by Gasteiger charge is 2.25. The van der Waals surface area contributed by atoms with E-state index in [0.717, 1.165) is 25.7 Å². The third-order valence-corrected chi connectivity index (χ3v) is 5.49. The fourth-order valence-electron chi connectivity index (χ4n) is 2.83. The fraction of sp³-hybridized carbons (Fsp3) is 0.611. The largest absolute Gasteiger partial charge is 0.448 e. The summed E-state index contributed by atoms with van der Waals surface area (Å²) < 4.78 is 5.21. The average molecular weight is 366 g/mol. The molecule has 3 amide bonds. The number of thiophene rings is 1. The zero-order chi connectivity index (χ0) is 18.6. The normalized spacial score (nSPS) is 17.6. The number of aryl methyl sites for hydroxylation is 1. The van der Waals surface area contributed by atoms with E-state index in [1.165, 1.54) is 28.7 Å². The molecule has 2 rings (SSSR count). The topological polar surface area (TPSA) is 84.5 Å². The van der Waals surface area contributed by atoms with Crippen LogP contribution in [0.25, 0.3) is 0 Å². The highest BCUT2D eigenvalue weighted by molar-refractivity contribution is 7.14. The van der Waals surface area contributed by atoms with Crippen LogP contribution >= 0.6 is 11.3 Å². The molecule has 1 aromatic rings. The van der Waals surface area contributed by atoms with Gasteiger partial charge < -0.3 is 10.1 Å². The molecule has 0 bridgehead atoms. The van der Waals surface area contributed by atoms with Crippen molar-refractivity contribution in [2.75, 3.05) is 0 Å². The van der Waals surface area contributed by atoms with Gasteiger partial charge in [-0.3, -0.25) is 10.1 Å². The highest BCUT2D eigenvalue weighted by atomic mass is 32.1. The summed E-state index contributed by atoms with van der Waals surface area (Å²) in [4.78, 5) is 37.5. The number of carbonyl (C=O) groups is 3. The van der Waals surface area contributed by atoms with E-state index >= 15 is 0 Å². The van der Waals surface area contributed by atoms with Crippen molar-refractivity contribution in [2.24, 2.45) is 5.92 Å². The predicted octanol–water partition coefficient (Wildman–Crippen LogP) is 3.04. The number of carbonyl (C=O) groups excluding carboxylic acids is 3. The Labute approximate surface area is 152 Å². The van der Waals surface area contributed by atoms with Crippen LogP contribution in [0, 0.1) is 5.92 Å². The Kier molecular flexibility index (Phi) is 6.58. The molecule has 7 heteroatoms. The second-order valence-electron chi connectivity index (χ2n) is 6.74. The van der Waals surface area contributed by atoms with Crippen LogP contribution in [0.2, 0.25) is 0 Å². The van der Waals surface area contributed by atoms with Gasteiger partial charge in [-0.1, -0.05) is 13.3 Å². The molecule has 1 heterocycles. The summed E-state index contributed by atoms with van der Waals surface area (Å²) in [6.07, 6.45) is 3.26. The molecule has 0 aromatic carbocycles. The molecular weight excluding hydrogens is 340 g/mol. The molecule has 138 valence electrons. The van der Waals surface area contributed by atoms with Crippen LogP contribution in [0.1, 0.15) is 60.6 Å². The number of nitrogens with one attached hydrogen (secondary N) is 2. The van der Waals surface area contributed by atoms with Crippen LogP contribution < -0.4 is 10.6 Å². The van der Waals surface area contributed by atoms with E-state index in [2.05, 4.69) is 17.6 Å². The molecule has 2 atom stereocenters. The molecule has 1 aliphatic rings. The second-order valence-corrected chi connectivity index (χ2v) is 7.88. The molecule has 0 unspecified atom stereocenters. The first-order valence-corrected chi connectivity index (χ1v) is 9.55. The molecule has 25 heavy (non-hydrogen) atoms. The van der Waals surface area contributed by atoms with Crippen LogP contribution in [0.5, 0.6) is 0 Å². The van der Waals surface area contributed by atoms with Crippen LogP contribution in [0.3, 0.4) is 0 Å². The zero-order valence-corrected chi connectivity index (χ0v) is 16.0. The molecule has 0 radical (unpaired) electrons. The Morgan fingerprint density at radius 2 is 2.04 bits per heavy atom. The average Bonchev–Trinajstić information content (AvgIpc) is 2.96. The molecule has 0 fully saturated rings. The van der Waals surface area contributed by atoms with Crippen molar-refractivity contribution >= 4 is 29.2 Å².